The lowest BCUT2D eigenvalue weighted by Gasteiger charge is -2.27. The number of benzene rings is 1. The van der Waals surface area contributed by atoms with Crippen LogP contribution in [0.2, 0.25) is 0 Å². The van der Waals surface area contributed by atoms with Crippen molar-refractivity contribution < 1.29 is 13.9 Å². The quantitative estimate of drug-likeness (QED) is 0.895. The van der Waals surface area contributed by atoms with E-state index in [0.29, 0.717) is 25.1 Å². The SMILES string of the molecule is COCCN1C(=O)CC(N)C1c1ccc(C)c(F)c1. The van der Waals surface area contributed by atoms with E-state index >= 15 is 0 Å². The molecule has 1 heterocycles. The Balaban J connectivity index is 2.28. The van der Waals surface area contributed by atoms with E-state index in [1.807, 2.05) is 6.07 Å². The third-order valence-corrected chi connectivity index (χ3v) is 3.55. The lowest BCUT2D eigenvalue weighted by molar-refractivity contribution is -0.129. The third-order valence-electron chi connectivity index (χ3n) is 3.55. The minimum Gasteiger partial charge on any atom is -0.383 e. The lowest BCUT2D eigenvalue weighted by atomic mass is 9.99. The van der Waals surface area contributed by atoms with Crippen LogP contribution in [-0.4, -0.2) is 37.1 Å². The van der Waals surface area contributed by atoms with Gasteiger partial charge in [-0.1, -0.05) is 12.1 Å². The number of nitrogens with zero attached hydrogens (tertiary/aromatic N) is 1. The fourth-order valence-corrected chi connectivity index (χ4v) is 2.49. The van der Waals surface area contributed by atoms with Crippen LogP contribution in [0.15, 0.2) is 18.2 Å². The molecule has 0 radical (unpaired) electrons. The number of hydrogen-bond acceptors (Lipinski definition) is 3. The largest absolute Gasteiger partial charge is 0.383 e. The normalized spacial score (nSPS) is 23.2. The van der Waals surface area contributed by atoms with Crippen LogP contribution in [0.4, 0.5) is 4.39 Å². The summed E-state index contributed by atoms with van der Waals surface area (Å²) in [4.78, 5) is 13.6. The van der Waals surface area contributed by atoms with E-state index in [-0.39, 0.29) is 23.8 Å². The van der Waals surface area contributed by atoms with E-state index in [4.69, 9.17) is 10.5 Å². The Morgan fingerprint density at radius 2 is 2.26 bits per heavy atom. The van der Waals surface area contributed by atoms with Gasteiger partial charge in [-0.25, -0.2) is 4.39 Å². The zero-order valence-electron chi connectivity index (χ0n) is 11.2. The van der Waals surface area contributed by atoms with Crippen LogP contribution in [-0.2, 0) is 9.53 Å². The molecule has 19 heavy (non-hydrogen) atoms. The van der Waals surface area contributed by atoms with E-state index < -0.39 is 0 Å². The van der Waals surface area contributed by atoms with Gasteiger partial charge in [0.2, 0.25) is 5.91 Å². The van der Waals surface area contributed by atoms with E-state index in [1.54, 1.807) is 25.0 Å². The molecule has 5 heteroatoms. The molecule has 1 saturated heterocycles. The van der Waals surface area contributed by atoms with Crippen molar-refractivity contribution in [2.75, 3.05) is 20.3 Å². The van der Waals surface area contributed by atoms with Crippen molar-refractivity contribution >= 4 is 5.91 Å². The zero-order valence-corrected chi connectivity index (χ0v) is 11.2. The summed E-state index contributed by atoms with van der Waals surface area (Å²) < 4.78 is 18.7. The Morgan fingerprint density at radius 1 is 1.53 bits per heavy atom. The molecular formula is C14H19FN2O2. The van der Waals surface area contributed by atoms with Crippen molar-refractivity contribution in [1.29, 1.82) is 0 Å². The Kier molecular flexibility index (Phi) is 4.17. The standard InChI is InChI=1S/C14H19FN2O2/c1-9-3-4-10(7-11(9)15)14-12(16)8-13(18)17(14)5-6-19-2/h3-4,7,12,14H,5-6,8,16H2,1-2H3. The molecule has 0 saturated carbocycles. The molecule has 1 fully saturated rings. The lowest BCUT2D eigenvalue weighted by Crippen LogP contribution is -2.35. The maximum absolute atomic E-state index is 13.7. The van der Waals surface area contributed by atoms with Crippen LogP contribution in [0.1, 0.15) is 23.6 Å². The number of rotatable bonds is 4. The van der Waals surface area contributed by atoms with Gasteiger partial charge in [0.15, 0.2) is 0 Å². The van der Waals surface area contributed by atoms with Gasteiger partial charge in [0.1, 0.15) is 5.82 Å². The Bertz CT molecular complexity index is 479. The van der Waals surface area contributed by atoms with Crippen LogP contribution >= 0.6 is 0 Å². The molecule has 2 rings (SSSR count). The zero-order chi connectivity index (χ0) is 14.0. The summed E-state index contributed by atoms with van der Waals surface area (Å²) in [7, 11) is 1.58. The van der Waals surface area contributed by atoms with Gasteiger partial charge in [-0.3, -0.25) is 4.79 Å². The molecule has 2 unspecified atom stereocenters. The molecule has 0 spiro atoms. The van der Waals surface area contributed by atoms with Crippen LogP contribution in [0.25, 0.3) is 0 Å². The number of nitrogens with two attached hydrogens (primary N) is 1. The predicted octanol–water partition coefficient (Wildman–Crippen LogP) is 1.38. The maximum atomic E-state index is 13.7. The second kappa shape index (κ2) is 5.67. The van der Waals surface area contributed by atoms with Crippen LogP contribution < -0.4 is 5.73 Å². The summed E-state index contributed by atoms with van der Waals surface area (Å²) in [6.45, 7) is 2.63. The fraction of sp³-hybridized carbons (Fsp3) is 0.500. The van der Waals surface area contributed by atoms with Crippen LogP contribution in [0.3, 0.4) is 0 Å². The molecule has 1 amide bonds. The summed E-state index contributed by atoms with van der Waals surface area (Å²) >= 11 is 0. The van der Waals surface area contributed by atoms with Crippen molar-refractivity contribution in [3.05, 3.63) is 35.1 Å². The van der Waals surface area contributed by atoms with Gasteiger partial charge >= 0.3 is 0 Å². The number of hydrogen-bond donors (Lipinski definition) is 1. The summed E-state index contributed by atoms with van der Waals surface area (Å²) in [5.74, 6) is -0.272. The van der Waals surface area contributed by atoms with Crippen molar-refractivity contribution in [2.45, 2.75) is 25.4 Å². The molecule has 0 bridgehead atoms. The van der Waals surface area contributed by atoms with Crippen molar-refractivity contribution in [2.24, 2.45) is 5.73 Å². The van der Waals surface area contributed by atoms with E-state index in [9.17, 15) is 9.18 Å². The van der Waals surface area contributed by atoms with Crippen LogP contribution in [0, 0.1) is 12.7 Å². The number of carbonyl (C=O) groups is 1. The molecule has 0 aliphatic carbocycles. The van der Waals surface area contributed by atoms with Gasteiger partial charge in [0.05, 0.1) is 12.6 Å². The first kappa shape index (κ1) is 14.0. The molecule has 1 aliphatic heterocycles. The number of aryl methyl sites for hydroxylation is 1. The summed E-state index contributed by atoms with van der Waals surface area (Å²) in [6.07, 6.45) is 0.296. The average Bonchev–Trinajstić information content (AvgIpc) is 2.65. The Hall–Kier alpha value is -1.46. The minimum atomic E-state index is -0.300. The second-order valence-electron chi connectivity index (χ2n) is 4.90. The highest BCUT2D eigenvalue weighted by atomic mass is 19.1. The number of amides is 1. The van der Waals surface area contributed by atoms with E-state index in [0.717, 1.165) is 5.56 Å². The summed E-state index contributed by atoms with van der Waals surface area (Å²) in [5.41, 5.74) is 7.36. The van der Waals surface area contributed by atoms with Crippen molar-refractivity contribution in [1.82, 2.24) is 4.90 Å². The van der Waals surface area contributed by atoms with Gasteiger partial charge in [-0.05, 0) is 24.1 Å². The molecular weight excluding hydrogens is 247 g/mol. The molecule has 2 N–H and O–H groups in total. The second-order valence-corrected chi connectivity index (χ2v) is 4.90. The number of carbonyl (C=O) groups excluding carboxylic acids is 1. The predicted molar refractivity (Wildman–Crippen MR) is 70.1 cm³/mol. The van der Waals surface area contributed by atoms with Gasteiger partial charge in [-0.2, -0.15) is 0 Å². The number of methoxy groups -OCH3 is 1. The summed E-state index contributed by atoms with van der Waals surface area (Å²) in [6, 6.07) is 4.46. The van der Waals surface area contributed by atoms with Crippen molar-refractivity contribution in [3.63, 3.8) is 0 Å². The van der Waals surface area contributed by atoms with Gasteiger partial charge in [0.25, 0.3) is 0 Å². The highest BCUT2D eigenvalue weighted by molar-refractivity contribution is 5.80. The van der Waals surface area contributed by atoms with Gasteiger partial charge in [0, 0.05) is 26.1 Å². The minimum absolute atomic E-state index is 0.00414. The Labute approximate surface area is 112 Å². The fourth-order valence-electron chi connectivity index (χ4n) is 2.49. The summed E-state index contributed by atoms with van der Waals surface area (Å²) in [5, 5.41) is 0. The smallest absolute Gasteiger partial charge is 0.224 e. The van der Waals surface area contributed by atoms with Gasteiger partial charge in [-0.15, -0.1) is 0 Å². The third kappa shape index (κ3) is 2.77. The highest BCUT2D eigenvalue weighted by Crippen LogP contribution is 2.32. The molecule has 4 nitrogen and oxygen atoms in total. The first-order valence-electron chi connectivity index (χ1n) is 6.34. The first-order chi connectivity index (χ1) is 9.04. The molecule has 1 aliphatic rings. The van der Waals surface area contributed by atoms with E-state index in [1.165, 1.54) is 6.07 Å². The Morgan fingerprint density at radius 3 is 2.89 bits per heavy atom. The van der Waals surface area contributed by atoms with Gasteiger partial charge < -0.3 is 15.4 Å². The molecule has 2 atom stereocenters. The van der Waals surface area contributed by atoms with E-state index in [2.05, 4.69) is 0 Å². The maximum Gasteiger partial charge on any atom is 0.224 e. The number of ether oxygens (including phenoxy) is 1. The first-order valence-corrected chi connectivity index (χ1v) is 6.34. The number of halogens is 1. The monoisotopic (exact) mass is 266 g/mol. The molecule has 104 valence electrons. The topological polar surface area (TPSA) is 55.6 Å². The van der Waals surface area contributed by atoms with Crippen LogP contribution in [0.5, 0.6) is 0 Å². The molecule has 1 aromatic carbocycles. The average molecular weight is 266 g/mol. The molecule has 1 aromatic rings. The highest BCUT2D eigenvalue weighted by Gasteiger charge is 2.38. The number of likely N-dealkylation sites (tertiary alicyclic amines) is 1. The molecule has 0 aromatic heterocycles. The van der Waals surface area contributed by atoms with Crippen molar-refractivity contribution in [3.8, 4) is 0 Å².